The normalized spacial score (nSPS) is 11.3. The molecule has 24 heavy (non-hydrogen) atoms. The lowest BCUT2D eigenvalue weighted by atomic mass is 10.3. The Balaban J connectivity index is 2.06. The van der Waals surface area contributed by atoms with Crippen molar-refractivity contribution in [1.29, 1.82) is 0 Å². The van der Waals surface area contributed by atoms with Crippen LogP contribution in [0.3, 0.4) is 0 Å². The summed E-state index contributed by atoms with van der Waals surface area (Å²) >= 11 is 12.1. The molecule has 6 nitrogen and oxygen atoms in total. The summed E-state index contributed by atoms with van der Waals surface area (Å²) in [6.45, 7) is 0.157. The number of sulfonamides is 1. The van der Waals surface area contributed by atoms with Crippen molar-refractivity contribution in [2.75, 3.05) is 17.1 Å². The highest BCUT2D eigenvalue weighted by Gasteiger charge is 2.23. The van der Waals surface area contributed by atoms with E-state index in [1.165, 1.54) is 18.4 Å². The number of hydrogen-bond acceptors (Lipinski definition) is 4. The minimum Gasteiger partial charge on any atom is -0.467 e. The first-order valence-corrected chi connectivity index (χ1v) is 9.60. The zero-order valence-electron chi connectivity index (χ0n) is 12.8. The van der Waals surface area contributed by atoms with Crippen LogP contribution in [0.1, 0.15) is 12.2 Å². The number of halogens is 2. The molecule has 0 spiro atoms. The largest absolute Gasteiger partial charge is 0.467 e. The maximum atomic E-state index is 12.1. The highest BCUT2D eigenvalue weighted by atomic mass is 35.5. The minimum absolute atomic E-state index is 0.0463. The highest BCUT2D eigenvalue weighted by molar-refractivity contribution is 7.92. The van der Waals surface area contributed by atoms with Crippen LogP contribution in [0, 0.1) is 0 Å². The van der Waals surface area contributed by atoms with Gasteiger partial charge in [0.05, 0.1) is 34.8 Å². The van der Waals surface area contributed by atoms with Crippen molar-refractivity contribution < 1.29 is 17.6 Å². The summed E-state index contributed by atoms with van der Waals surface area (Å²) in [5.74, 6) is 0.292. The van der Waals surface area contributed by atoms with Gasteiger partial charge in [-0.15, -0.1) is 0 Å². The smallest absolute Gasteiger partial charge is 0.232 e. The molecule has 1 N–H and O–H groups in total. The summed E-state index contributed by atoms with van der Waals surface area (Å²) in [5, 5.41) is 3.05. The van der Waals surface area contributed by atoms with E-state index in [9.17, 15) is 13.2 Å². The third kappa shape index (κ3) is 4.90. The van der Waals surface area contributed by atoms with Crippen molar-refractivity contribution in [1.82, 2.24) is 5.32 Å². The quantitative estimate of drug-likeness (QED) is 0.787. The van der Waals surface area contributed by atoms with Gasteiger partial charge in [-0.1, -0.05) is 29.3 Å². The van der Waals surface area contributed by atoms with E-state index in [0.717, 1.165) is 10.6 Å². The Morgan fingerprint density at radius 1 is 1.21 bits per heavy atom. The number of furan rings is 1. The van der Waals surface area contributed by atoms with Crippen LogP contribution in [0.15, 0.2) is 41.0 Å². The summed E-state index contributed by atoms with van der Waals surface area (Å²) < 4.78 is 30.3. The Kier molecular flexibility index (Phi) is 6.15. The Morgan fingerprint density at radius 3 is 2.42 bits per heavy atom. The number of carbonyl (C=O) groups excluding carboxylic acids is 1. The first-order valence-electron chi connectivity index (χ1n) is 7.00. The van der Waals surface area contributed by atoms with Crippen LogP contribution in [-0.4, -0.2) is 27.1 Å². The summed E-state index contributed by atoms with van der Waals surface area (Å²) in [6.07, 6.45) is 2.50. The average molecular weight is 391 g/mol. The molecule has 0 radical (unpaired) electrons. The molecule has 1 aromatic carbocycles. The molecule has 0 aliphatic carbocycles. The molecule has 9 heteroatoms. The summed E-state index contributed by atoms with van der Waals surface area (Å²) in [6, 6.07) is 8.14. The monoisotopic (exact) mass is 390 g/mol. The van der Waals surface area contributed by atoms with E-state index < -0.39 is 10.0 Å². The highest BCUT2D eigenvalue weighted by Crippen LogP contribution is 2.34. The van der Waals surface area contributed by atoms with Crippen LogP contribution in [0.25, 0.3) is 0 Å². The predicted molar refractivity (Wildman–Crippen MR) is 93.8 cm³/mol. The number of para-hydroxylation sites is 1. The molecule has 0 unspecified atom stereocenters. The number of hydrogen-bond donors (Lipinski definition) is 1. The number of amides is 1. The maximum Gasteiger partial charge on any atom is 0.232 e. The Morgan fingerprint density at radius 2 is 1.88 bits per heavy atom. The van der Waals surface area contributed by atoms with Crippen LogP contribution in [0.4, 0.5) is 5.69 Å². The number of rotatable bonds is 7. The number of nitrogens with zero attached hydrogens (tertiary/aromatic N) is 1. The van der Waals surface area contributed by atoms with E-state index in [1.54, 1.807) is 18.2 Å². The van der Waals surface area contributed by atoms with E-state index in [0.29, 0.717) is 5.76 Å². The van der Waals surface area contributed by atoms with Gasteiger partial charge in [-0.3, -0.25) is 9.10 Å². The molecule has 2 aromatic rings. The predicted octanol–water partition coefficient (Wildman–Crippen LogP) is 3.06. The van der Waals surface area contributed by atoms with Crippen LogP contribution in [-0.2, 0) is 21.4 Å². The second-order valence-corrected chi connectivity index (χ2v) is 7.73. The van der Waals surface area contributed by atoms with Gasteiger partial charge in [0.25, 0.3) is 0 Å². The minimum atomic E-state index is -3.65. The van der Waals surface area contributed by atoms with E-state index in [-0.39, 0.29) is 41.2 Å². The van der Waals surface area contributed by atoms with E-state index in [2.05, 4.69) is 5.32 Å². The third-order valence-electron chi connectivity index (χ3n) is 3.17. The average Bonchev–Trinajstić information content (AvgIpc) is 3.00. The molecule has 130 valence electrons. The lowest BCUT2D eigenvalue weighted by Gasteiger charge is -2.24. The molecule has 0 aliphatic rings. The van der Waals surface area contributed by atoms with Crippen molar-refractivity contribution in [3.05, 3.63) is 52.4 Å². The van der Waals surface area contributed by atoms with E-state index in [4.69, 9.17) is 27.6 Å². The van der Waals surface area contributed by atoms with E-state index in [1.807, 2.05) is 0 Å². The van der Waals surface area contributed by atoms with Crippen molar-refractivity contribution >= 4 is 44.8 Å². The lowest BCUT2D eigenvalue weighted by Crippen LogP contribution is -2.34. The molecule has 0 saturated heterocycles. The van der Waals surface area contributed by atoms with Crippen LogP contribution < -0.4 is 9.62 Å². The molecule has 0 atom stereocenters. The number of carbonyl (C=O) groups is 1. The molecule has 2 rings (SSSR count). The number of benzene rings is 1. The van der Waals surface area contributed by atoms with Crippen LogP contribution >= 0.6 is 23.2 Å². The van der Waals surface area contributed by atoms with Gasteiger partial charge < -0.3 is 9.73 Å². The van der Waals surface area contributed by atoms with Crippen LogP contribution in [0.2, 0.25) is 10.0 Å². The first-order chi connectivity index (χ1) is 11.3. The second kappa shape index (κ2) is 7.92. The van der Waals surface area contributed by atoms with Gasteiger partial charge in [-0.25, -0.2) is 8.42 Å². The molecule has 0 bridgehead atoms. The van der Waals surface area contributed by atoms with Crippen molar-refractivity contribution in [3.63, 3.8) is 0 Å². The summed E-state index contributed by atoms with van der Waals surface area (Å²) in [4.78, 5) is 11.9. The standard InChI is InChI=1S/C15H16Cl2N2O4S/c1-24(21,22)19(15-12(16)5-2-6-13(15)17)8-7-14(20)18-10-11-4-3-9-23-11/h2-6,9H,7-8,10H2,1H3,(H,18,20). The van der Waals surface area contributed by atoms with Gasteiger partial charge in [0, 0.05) is 13.0 Å². The van der Waals surface area contributed by atoms with Gasteiger partial charge in [0.1, 0.15) is 5.76 Å². The van der Waals surface area contributed by atoms with Gasteiger partial charge >= 0.3 is 0 Å². The molecule has 1 amide bonds. The van der Waals surface area contributed by atoms with Gasteiger partial charge in [0.2, 0.25) is 15.9 Å². The second-order valence-electron chi connectivity index (χ2n) is 5.01. The Bertz CT molecular complexity index is 787. The third-order valence-corrected chi connectivity index (χ3v) is 4.94. The molecular formula is C15H16Cl2N2O4S. The van der Waals surface area contributed by atoms with Gasteiger partial charge in [0.15, 0.2) is 0 Å². The molecule has 0 fully saturated rings. The van der Waals surface area contributed by atoms with Crippen molar-refractivity contribution in [3.8, 4) is 0 Å². The summed E-state index contributed by atoms with van der Waals surface area (Å²) in [5.41, 5.74) is 0.169. The fourth-order valence-electron chi connectivity index (χ4n) is 2.06. The topological polar surface area (TPSA) is 79.6 Å². The molecule has 1 aromatic heterocycles. The maximum absolute atomic E-state index is 12.1. The van der Waals surface area contributed by atoms with E-state index >= 15 is 0 Å². The molecule has 0 aliphatic heterocycles. The SMILES string of the molecule is CS(=O)(=O)N(CCC(=O)NCc1ccco1)c1c(Cl)cccc1Cl. The lowest BCUT2D eigenvalue weighted by molar-refractivity contribution is -0.121. The Hall–Kier alpha value is -1.70. The fraction of sp³-hybridized carbons (Fsp3) is 0.267. The number of nitrogens with one attached hydrogen (secondary N) is 1. The fourth-order valence-corrected chi connectivity index (χ4v) is 3.71. The van der Waals surface area contributed by atoms with Crippen molar-refractivity contribution in [2.45, 2.75) is 13.0 Å². The first kappa shape index (κ1) is 18.6. The molecule has 1 heterocycles. The van der Waals surface area contributed by atoms with Crippen molar-refractivity contribution in [2.24, 2.45) is 0 Å². The van der Waals surface area contributed by atoms with Crippen LogP contribution in [0.5, 0.6) is 0 Å². The zero-order valence-corrected chi connectivity index (χ0v) is 15.2. The van der Waals surface area contributed by atoms with Gasteiger partial charge in [-0.05, 0) is 24.3 Å². The number of anilines is 1. The summed E-state index contributed by atoms with van der Waals surface area (Å²) in [7, 11) is -3.65. The molecular weight excluding hydrogens is 375 g/mol. The van der Waals surface area contributed by atoms with Gasteiger partial charge in [-0.2, -0.15) is 0 Å². The Labute approximate surface area is 150 Å². The molecule has 0 saturated carbocycles. The zero-order chi connectivity index (χ0) is 17.7.